The fourth-order valence-corrected chi connectivity index (χ4v) is 3.63. The topological polar surface area (TPSA) is 93.1 Å². The van der Waals surface area contributed by atoms with E-state index in [0.717, 1.165) is 16.9 Å². The van der Waals surface area contributed by atoms with E-state index in [1.165, 1.54) is 18.2 Å². The van der Waals surface area contributed by atoms with Gasteiger partial charge in [0.15, 0.2) is 5.78 Å². The number of hydrogen-bond donors (Lipinski definition) is 1. The van der Waals surface area contributed by atoms with Crippen LogP contribution in [-0.4, -0.2) is 15.7 Å². The third-order valence-electron chi connectivity index (χ3n) is 4.36. The standard InChI is InChI=1S/C22H20N2O4S/c1-22(2,3)16-9-7-15(8-10-16)18(25)13-20-23-21(26)19(29-20)12-14-5-4-6-17(11-14)24(27)28/h4-13H,1-3H3,(H,23,26)/b19-12+,20-13+. The predicted molar refractivity (Wildman–Crippen MR) is 115 cm³/mol. The number of benzene rings is 2. The molecule has 0 aliphatic rings. The lowest BCUT2D eigenvalue weighted by atomic mass is 9.86. The van der Waals surface area contributed by atoms with Crippen molar-refractivity contribution in [2.75, 3.05) is 0 Å². The molecule has 0 unspecified atom stereocenters. The Morgan fingerprint density at radius 2 is 1.83 bits per heavy atom. The molecule has 0 amide bonds. The number of nitro groups is 1. The normalized spacial score (nSPS) is 12.9. The van der Waals surface area contributed by atoms with Crippen LogP contribution >= 0.6 is 11.3 Å². The molecule has 0 aliphatic heterocycles. The number of aromatic nitrogens is 1. The summed E-state index contributed by atoms with van der Waals surface area (Å²) >= 11 is 1.13. The monoisotopic (exact) mass is 408 g/mol. The minimum absolute atomic E-state index is 0.00152. The third-order valence-corrected chi connectivity index (χ3v) is 5.32. The average molecular weight is 408 g/mol. The fourth-order valence-electron chi connectivity index (χ4n) is 2.74. The van der Waals surface area contributed by atoms with Crippen molar-refractivity contribution in [1.82, 2.24) is 4.98 Å². The van der Waals surface area contributed by atoms with Crippen molar-refractivity contribution in [3.63, 3.8) is 0 Å². The summed E-state index contributed by atoms with van der Waals surface area (Å²) in [5.74, 6) is -0.204. The smallest absolute Gasteiger partial charge is 0.270 e. The second-order valence-electron chi connectivity index (χ2n) is 7.62. The first-order valence-electron chi connectivity index (χ1n) is 8.95. The van der Waals surface area contributed by atoms with Crippen LogP contribution in [0, 0.1) is 10.1 Å². The SMILES string of the molecule is CC(C)(C)c1ccc(C(=O)/C=c2\[nH]c(=O)/c(=C\c3cccc([N+](=O)[O-])c3)s2)cc1. The largest absolute Gasteiger partial charge is 0.313 e. The maximum Gasteiger partial charge on any atom is 0.270 e. The predicted octanol–water partition coefficient (Wildman–Crippen LogP) is 3.13. The zero-order valence-corrected chi connectivity index (χ0v) is 17.1. The van der Waals surface area contributed by atoms with Gasteiger partial charge in [-0.15, -0.1) is 11.3 Å². The van der Waals surface area contributed by atoms with E-state index in [-0.39, 0.29) is 22.4 Å². The number of hydrogen-bond acceptors (Lipinski definition) is 5. The molecule has 3 aromatic rings. The van der Waals surface area contributed by atoms with Crippen molar-refractivity contribution in [2.45, 2.75) is 26.2 Å². The molecular formula is C22H20N2O4S. The first-order valence-corrected chi connectivity index (χ1v) is 9.77. The first kappa shape index (κ1) is 20.4. The van der Waals surface area contributed by atoms with Crippen LogP contribution in [0.25, 0.3) is 12.2 Å². The van der Waals surface area contributed by atoms with Crippen LogP contribution in [-0.2, 0) is 5.41 Å². The van der Waals surface area contributed by atoms with Gasteiger partial charge < -0.3 is 4.98 Å². The van der Waals surface area contributed by atoms with E-state index in [4.69, 9.17) is 0 Å². The van der Waals surface area contributed by atoms with Crippen LogP contribution < -0.4 is 14.8 Å². The molecule has 0 radical (unpaired) electrons. The number of aromatic amines is 1. The molecule has 0 aliphatic carbocycles. The van der Waals surface area contributed by atoms with Crippen molar-refractivity contribution in [1.29, 1.82) is 0 Å². The van der Waals surface area contributed by atoms with Crippen LogP contribution in [0.3, 0.4) is 0 Å². The number of nitro benzene ring substituents is 1. The molecule has 0 spiro atoms. The number of Topliss-reactive ketones (excluding diaryl/α,β-unsaturated/α-hetero) is 1. The Morgan fingerprint density at radius 1 is 1.14 bits per heavy atom. The Morgan fingerprint density at radius 3 is 2.45 bits per heavy atom. The van der Waals surface area contributed by atoms with Gasteiger partial charge in [-0.2, -0.15) is 0 Å². The summed E-state index contributed by atoms with van der Waals surface area (Å²) in [6.07, 6.45) is 2.96. The first-order chi connectivity index (χ1) is 13.6. The second-order valence-corrected chi connectivity index (χ2v) is 8.70. The highest BCUT2D eigenvalue weighted by molar-refractivity contribution is 7.07. The molecule has 0 saturated heterocycles. The van der Waals surface area contributed by atoms with Crippen molar-refractivity contribution in [3.05, 3.63) is 94.9 Å². The summed E-state index contributed by atoms with van der Waals surface area (Å²) in [5.41, 5.74) is 1.82. The van der Waals surface area contributed by atoms with Gasteiger partial charge in [0.1, 0.15) is 0 Å². The third kappa shape index (κ3) is 4.94. The highest BCUT2D eigenvalue weighted by Crippen LogP contribution is 2.22. The summed E-state index contributed by atoms with van der Waals surface area (Å²) in [6.45, 7) is 6.31. The average Bonchev–Trinajstić information content (AvgIpc) is 3.00. The molecule has 0 bridgehead atoms. The maximum atomic E-state index is 12.5. The van der Waals surface area contributed by atoms with Gasteiger partial charge in [-0.05, 0) is 22.6 Å². The van der Waals surface area contributed by atoms with Gasteiger partial charge in [0, 0.05) is 23.8 Å². The quantitative estimate of drug-likeness (QED) is 0.408. The number of carbonyl (C=O) groups is 1. The van der Waals surface area contributed by atoms with Gasteiger partial charge in [-0.1, -0.05) is 57.2 Å². The lowest BCUT2D eigenvalue weighted by Crippen LogP contribution is -2.20. The molecule has 0 saturated carbocycles. The van der Waals surface area contributed by atoms with Gasteiger partial charge in [-0.25, -0.2) is 0 Å². The van der Waals surface area contributed by atoms with Crippen LogP contribution in [0.4, 0.5) is 5.69 Å². The van der Waals surface area contributed by atoms with Crippen LogP contribution in [0.15, 0.2) is 53.3 Å². The summed E-state index contributed by atoms with van der Waals surface area (Å²) in [4.78, 5) is 37.8. The van der Waals surface area contributed by atoms with Crippen LogP contribution in [0.1, 0.15) is 42.3 Å². The van der Waals surface area contributed by atoms with E-state index >= 15 is 0 Å². The molecular weight excluding hydrogens is 388 g/mol. The van der Waals surface area contributed by atoms with E-state index in [2.05, 4.69) is 25.8 Å². The Bertz CT molecular complexity index is 1250. The molecule has 0 atom stereocenters. The number of thiazole rings is 1. The van der Waals surface area contributed by atoms with E-state index in [0.29, 0.717) is 20.3 Å². The van der Waals surface area contributed by atoms with Gasteiger partial charge in [0.25, 0.3) is 11.2 Å². The van der Waals surface area contributed by atoms with Gasteiger partial charge >= 0.3 is 0 Å². The zero-order valence-electron chi connectivity index (χ0n) is 16.3. The minimum atomic E-state index is -0.487. The van der Waals surface area contributed by atoms with Crippen molar-refractivity contribution in [2.24, 2.45) is 0 Å². The summed E-state index contributed by atoms with van der Waals surface area (Å²) in [7, 11) is 0. The van der Waals surface area contributed by atoms with Crippen molar-refractivity contribution in [3.8, 4) is 0 Å². The molecule has 29 heavy (non-hydrogen) atoms. The Hall–Kier alpha value is -3.32. The molecule has 2 aromatic carbocycles. The number of rotatable bonds is 4. The molecule has 6 nitrogen and oxygen atoms in total. The van der Waals surface area contributed by atoms with E-state index in [1.54, 1.807) is 30.3 Å². The molecule has 148 valence electrons. The van der Waals surface area contributed by atoms with Gasteiger partial charge in [0.2, 0.25) is 0 Å². The fraction of sp³-hybridized carbons (Fsp3) is 0.182. The Balaban J connectivity index is 1.92. The molecule has 1 heterocycles. The lowest BCUT2D eigenvalue weighted by Gasteiger charge is -2.18. The number of nitrogens with one attached hydrogen (secondary N) is 1. The Kier molecular flexibility index (Phi) is 5.61. The van der Waals surface area contributed by atoms with Crippen molar-refractivity contribution >= 4 is 35.0 Å². The maximum absolute atomic E-state index is 12.5. The zero-order chi connectivity index (χ0) is 21.2. The van der Waals surface area contributed by atoms with E-state index in [1.807, 2.05) is 12.1 Å². The summed E-state index contributed by atoms with van der Waals surface area (Å²) in [6, 6.07) is 13.4. The molecule has 3 rings (SSSR count). The Labute approximate surface area is 171 Å². The second kappa shape index (κ2) is 7.97. The number of H-pyrrole nitrogens is 1. The molecule has 7 heteroatoms. The van der Waals surface area contributed by atoms with Crippen LogP contribution in [0.2, 0.25) is 0 Å². The van der Waals surface area contributed by atoms with Gasteiger partial charge in [0.05, 0.1) is 14.1 Å². The number of ketones is 1. The van der Waals surface area contributed by atoms with Crippen molar-refractivity contribution < 1.29 is 9.72 Å². The number of nitrogens with zero attached hydrogens (tertiary/aromatic N) is 1. The highest BCUT2D eigenvalue weighted by Gasteiger charge is 2.14. The number of non-ortho nitro benzene ring substituents is 1. The number of carbonyl (C=O) groups excluding carboxylic acids is 1. The molecule has 0 fully saturated rings. The lowest BCUT2D eigenvalue weighted by molar-refractivity contribution is -0.384. The minimum Gasteiger partial charge on any atom is -0.313 e. The highest BCUT2D eigenvalue weighted by atomic mass is 32.1. The molecule has 1 N–H and O–H groups in total. The van der Waals surface area contributed by atoms with E-state index in [9.17, 15) is 19.7 Å². The van der Waals surface area contributed by atoms with Gasteiger partial charge in [-0.3, -0.25) is 19.7 Å². The summed E-state index contributed by atoms with van der Waals surface area (Å²) < 4.78 is 0.796. The molecule has 1 aromatic heterocycles. The van der Waals surface area contributed by atoms with E-state index < -0.39 is 4.92 Å². The van der Waals surface area contributed by atoms with Crippen LogP contribution in [0.5, 0.6) is 0 Å². The summed E-state index contributed by atoms with van der Waals surface area (Å²) in [5, 5.41) is 10.9.